The van der Waals surface area contributed by atoms with Gasteiger partial charge in [-0.2, -0.15) is 0 Å². The third-order valence-corrected chi connectivity index (χ3v) is 4.88. The summed E-state index contributed by atoms with van der Waals surface area (Å²) in [6.07, 6.45) is 9.30. The molecule has 1 saturated heterocycles. The Balaban J connectivity index is 2.19. The van der Waals surface area contributed by atoms with Gasteiger partial charge in [0, 0.05) is 14.1 Å². The molecule has 0 spiro atoms. The number of ether oxygens (including phenoxy) is 2. The maximum atomic E-state index is 11.4. The maximum Gasteiger partial charge on any atom is 0.330 e. The zero-order valence-corrected chi connectivity index (χ0v) is 14.3. The van der Waals surface area contributed by atoms with E-state index in [9.17, 15) is 9.90 Å². The summed E-state index contributed by atoms with van der Waals surface area (Å²) in [5.41, 5.74) is -0.416. The zero-order chi connectivity index (χ0) is 15.9. The van der Waals surface area contributed by atoms with E-state index >= 15 is 0 Å². The molecule has 0 aromatic rings. The molecule has 5 heteroatoms. The van der Waals surface area contributed by atoms with Crippen LogP contribution in [-0.4, -0.2) is 44.1 Å². The molecule has 0 aromatic carbocycles. The van der Waals surface area contributed by atoms with E-state index in [1.807, 2.05) is 6.92 Å². The lowest BCUT2D eigenvalue weighted by atomic mass is 10.1. The van der Waals surface area contributed by atoms with Gasteiger partial charge in [-0.15, -0.1) is 0 Å². The summed E-state index contributed by atoms with van der Waals surface area (Å²) in [5.74, 6) is -0.319. The largest absolute Gasteiger partial charge is 0.463 e. The van der Waals surface area contributed by atoms with Crippen LogP contribution in [0, 0.1) is 0 Å². The van der Waals surface area contributed by atoms with Gasteiger partial charge in [-0.1, -0.05) is 50.0 Å². The number of aliphatic hydroxyl groups is 1. The number of allylic oxidation sites excluding steroid dienone is 4. The first-order chi connectivity index (χ1) is 9.73. The second-order valence-electron chi connectivity index (χ2n) is 6.65. The molecule has 118 valence electrons. The first kappa shape index (κ1) is 17.9. The smallest absolute Gasteiger partial charge is 0.330 e. The Hall–Kier alpha value is -1.17. The molecule has 0 aliphatic carbocycles. The molecule has 1 aliphatic heterocycles. The van der Waals surface area contributed by atoms with Crippen molar-refractivity contribution in [2.24, 2.45) is 0 Å². The van der Waals surface area contributed by atoms with Crippen LogP contribution >= 0.6 is 0 Å². The van der Waals surface area contributed by atoms with E-state index in [0.29, 0.717) is 13.2 Å². The van der Waals surface area contributed by atoms with Gasteiger partial charge in [-0.25, -0.2) is 4.79 Å². The van der Waals surface area contributed by atoms with Crippen LogP contribution < -0.4 is 0 Å². The van der Waals surface area contributed by atoms with Crippen molar-refractivity contribution in [3.8, 4) is 0 Å². The normalized spacial score (nSPS) is 24.0. The quantitative estimate of drug-likeness (QED) is 0.246. The summed E-state index contributed by atoms with van der Waals surface area (Å²) in [4.78, 5) is 11.4. The van der Waals surface area contributed by atoms with E-state index in [-0.39, 0.29) is 5.97 Å². The van der Waals surface area contributed by atoms with E-state index in [1.54, 1.807) is 30.4 Å². The lowest BCUT2D eigenvalue weighted by Gasteiger charge is -2.14. The second kappa shape index (κ2) is 7.73. The molecule has 2 atom stereocenters. The van der Waals surface area contributed by atoms with E-state index in [0.717, 1.165) is 6.04 Å². The van der Waals surface area contributed by atoms with Gasteiger partial charge in [0.25, 0.3) is 0 Å². The lowest BCUT2D eigenvalue weighted by Crippen LogP contribution is -2.23. The van der Waals surface area contributed by atoms with E-state index < -0.39 is 19.8 Å². The fourth-order valence-electron chi connectivity index (χ4n) is 1.43. The Labute approximate surface area is 128 Å². The minimum atomic E-state index is -1.15. The van der Waals surface area contributed by atoms with Crippen LogP contribution in [0.15, 0.2) is 36.5 Å². The summed E-state index contributed by atoms with van der Waals surface area (Å²) in [6, 6.07) is 0.976. The molecule has 1 aliphatic rings. The zero-order valence-electron chi connectivity index (χ0n) is 13.3. The van der Waals surface area contributed by atoms with Gasteiger partial charge in [0.15, 0.2) is 0 Å². The molecule has 21 heavy (non-hydrogen) atoms. The Bertz CT molecular complexity index is 428. The second-order valence-corrected chi connectivity index (χ2v) is 12.3. The lowest BCUT2D eigenvalue weighted by molar-refractivity contribution is -0.137. The van der Waals surface area contributed by atoms with E-state index in [1.165, 1.54) is 6.08 Å². The summed E-state index contributed by atoms with van der Waals surface area (Å²) < 4.78 is 10.2. The van der Waals surface area contributed by atoms with Gasteiger partial charge in [0.2, 0.25) is 0 Å². The fraction of sp³-hybridized carbons (Fsp3) is 0.562. The topological polar surface area (TPSA) is 59.1 Å². The average Bonchev–Trinajstić information content (AvgIpc) is 3.11. The van der Waals surface area contributed by atoms with Crippen LogP contribution in [0.2, 0.25) is 25.7 Å². The number of carbonyl (C=O) groups is 1. The van der Waals surface area contributed by atoms with Crippen LogP contribution in [0.1, 0.15) is 6.92 Å². The standard InChI is InChI=1S/C16H26O4Si/c1-16(13-20-16)14(17)9-7-5-6-8-10-15(18)19-11-12-21(2,3)4/h5-10,14,17H,11-13H2,1-4H3/b6-5-,9-7+,10-8+/t14-,16+/m1/s1. The highest BCUT2D eigenvalue weighted by Crippen LogP contribution is 2.30. The number of hydrogen-bond donors (Lipinski definition) is 1. The minimum absolute atomic E-state index is 0.319. The number of hydrogen-bond acceptors (Lipinski definition) is 4. The first-order valence-electron chi connectivity index (χ1n) is 7.23. The van der Waals surface area contributed by atoms with Gasteiger partial charge in [-0.3, -0.25) is 0 Å². The molecule has 1 rings (SSSR count). The van der Waals surface area contributed by atoms with Crippen molar-refractivity contribution in [3.05, 3.63) is 36.5 Å². The molecule has 0 saturated carbocycles. The minimum Gasteiger partial charge on any atom is -0.463 e. The van der Waals surface area contributed by atoms with Crippen molar-refractivity contribution in [2.45, 2.75) is 44.3 Å². The molecule has 0 unspecified atom stereocenters. The molecular formula is C16H26O4Si. The van der Waals surface area contributed by atoms with Crippen molar-refractivity contribution in [1.82, 2.24) is 0 Å². The molecule has 0 aromatic heterocycles. The SMILES string of the molecule is C[C@@]1([C@H](O)/C=C/C=C\C=C\C(=O)OCC[Si](C)(C)C)CO1. The number of epoxide rings is 1. The van der Waals surface area contributed by atoms with Crippen LogP contribution in [0.5, 0.6) is 0 Å². The number of carbonyl (C=O) groups excluding carboxylic acids is 1. The molecular weight excluding hydrogens is 284 g/mol. The number of esters is 1. The summed E-state index contributed by atoms with van der Waals surface area (Å²) in [7, 11) is -1.15. The van der Waals surface area contributed by atoms with Crippen molar-refractivity contribution in [1.29, 1.82) is 0 Å². The molecule has 1 fully saturated rings. The fourth-order valence-corrected chi connectivity index (χ4v) is 2.14. The Morgan fingerprint density at radius 1 is 1.33 bits per heavy atom. The third kappa shape index (κ3) is 7.99. The molecule has 4 nitrogen and oxygen atoms in total. The van der Waals surface area contributed by atoms with Crippen LogP contribution in [0.25, 0.3) is 0 Å². The van der Waals surface area contributed by atoms with Crippen LogP contribution in [-0.2, 0) is 14.3 Å². The van der Waals surface area contributed by atoms with Gasteiger partial charge in [0.1, 0.15) is 11.7 Å². The predicted molar refractivity (Wildman–Crippen MR) is 86.9 cm³/mol. The molecule has 1 heterocycles. The van der Waals surface area contributed by atoms with Gasteiger partial charge < -0.3 is 14.6 Å². The van der Waals surface area contributed by atoms with Crippen LogP contribution in [0.3, 0.4) is 0 Å². The number of aliphatic hydroxyl groups excluding tert-OH is 1. The summed E-state index contributed by atoms with van der Waals surface area (Å²) in [5, 5.41) is 9.72. The molecule has 0 bridgehead atoms. The third-order valence-electron chi connectivity index (χ3n) is 3.18. The Morgan fingerprint density at radius 3 is 2.52 bits per heavy atom. The average molecular weight is 310 g/mol. The Morgan fingerprint density at radius 2 is 1.95 bits per heavy atom. The monoisotopic (exact) mass is 310 g/mol. The summed E-state index contributed by atoms with van der Waals surface area (Å²) >= 11 is 0. The first-order valence-corrected chi connectivity index (χ1v) is 10.9. The van der Waals surface area contributed by atoms with E-state index in [4.69, 9.17) is 9.47 Å². The maximum absolute atomic E-state index is 11.4. The van der Waals surface area contributed by atoms with Crippen molar-refractivity contribution in [2.75, 3.05) is 13.2 Å². The van der Waals surface area contributed by atoms with Crippen molar-refractivity contribution < 1.29 is 19.4 Å². The van der Waals surface area contributed by atoms with Crippen molar-refractivity contribution in [3.63, 3.8) is 0 Å². The molecule has 0 radical (unpaired) electrons. The number of rotatable bonds is 8. The van der Waals surface area contributed by atoms with E-state index in [2.05, 4.69) is 19.6 Å². The molecule has 1 N–H and O–H groups in total. The van der Waals surface area contributed by atoms with Crippen LogP contribution in [0.4, 0.5) is 0 Å². The highest BCUT2D eigenvalue weighted by molar-refractivity contribution is 6.76. The highest BCUT2D eigenvalue weighted by atomic mass is 28.3. The van der Waals surface area contributed by atoms with Gasteiger partial charge in [-0.05, 0) is 13.0 Å². The van der Waals surface area contributed by atoms with Gasteiger partial charge >= 0.3 is 5.97 Å². The molecule has 0 amide bonds. The predicted octanol–water partition coefficient (Wildman–Crippen LogP) is 2.69. The van der Waals surface area contributed by atoms with Crippen molar-refractivity contribution >= 4 is 14.0 Å². The highest BCUT2D eigenvalue weighted by Gasteiger charge is 2.45. The Kier molecular flexibility index (Phi) is 6.58. The van der Waals surface area contributed by atoms with Gasteiger partial charge in [0.05, 0.1) is 13.2 Å². The summed E-state index contributed by atoms with van der Waals surface area (Å²) in [6.45, 7) is 9.68.